The van der Waals surface area contributed by atoms with Gasteiger partial charge in [-0.3, -0.25) is 19.3 Å². The van der Waals surface area contributed by atoms with Gasteiger partial charge in [-0.1, -0.05) is 29.8 Å². The number of hydrogen-bond acceptors (Lipinski definition) is 4. The Morgan fingerprint density at radius 2 is 1.68 bits per heavy atom. The third kappa shape index (κ3) is 1.69. The molecule has 0 radical (unpaired) electrons. The van der Waals surface area contributed by atoms with Gasteiger partial charge in [-0.05, 0) is 12.5 Å². The highest BCUT2D eigenvalue weighted by Crippen LogP contribution is 2.43. The van der Waals surface area contributed by atoms with Gasteiger partial charge >= 0.3 is 0 Å². The van der Waals surface area contributed by atoms with Gasteiger partial charge in [0, 0.05) is 14.1 Å². The number of likely N-dealkylation sites (N-methyl/N-ethyl adjacent to an activating group) is 1. The van der Waals surface area contributed by atoms with Gasteiger partial charge in [0.25, 0.3) is 5.91 Å². The summed E-state index contributed by atoms with van der Waals surface area (Å²) in [5.74, 6) is -0.855. The van der Waals surface area contributed by atoms with E-state index in [0.717, 1.165) is 11.1 Å². The normalized spacial score (nSPS) is 31.1. The molecule has 0 spiro atoms. The van der Waals surface area contributed by atoms with Crippen molar-refractivity contribution < 1.29 is 14.4 Å². The molecule has 0 unspecified atom stereocenters. The highest BCUT2D eigenvalue weighted by Gasteiger charge is 2.57. The lowest BCUT2D eigenvalue weighted by Crippen LogP contribution is -2.33. The summed E-state index contributed by atoms with van der Waals surface area (Å²) in [5, 5.41) is 1.63. The van der Waals surface area contributed by atoms with Crippen molar-refractivity contribution in [3.63, 3.8) is 0 Å². The number of nitrogens with zero attached hydrogens (tertiary/aromatic N) is 2. The predicted octanol–water partition coefficient (Wildman–Crippen LogP) is 0.897. The Bertz CT molecular complexity index is 540. The molecule has 2 aliphatic heterocycles. The summed E-state index contributed by atoms with van der Waals surface area (Å²) in [5.41, 5.74) is 2.16. The van der Waals surface area contributed by atoms with Crippen molar-refractivity contribution in [3.8, 4) is 0 Å². The Morgan fingerprint density at radius 1 is 1.05 bits per heavy atom. The van der Waals surface area contributed by atoms with Gasteiger partial charge in [0.1, 0.15) is 0 Å². The molecule has 100 valence electrons. The summed E-state index contributed by atoms with van der Waals surface area (Å²) in [4.78, 5) is 30.8. The summed E-state index contributed by atoms with van der Waals surface area (Å²) in [6.07, 6.45) is -0.672. The van der Waals surface area contributed by atoms with E-state index in [9.17, 15) is 9.59 Å². The average Bonchev–Trinajstić information content (AvgIpc) is 2.83. The van der Waals surface area contributed by atoms with E-state index in [1.165, 1.54) is 11.9 Å². The van der Waals surface area contributed by atoms with E-state index in [2.05, 4.69) is 0 Å². The van der Waals surface area contributed by atoms with Crippen molar-refractivity contribution in [1.82, 2.24) is 9.96 Å². The van der Waals surface area contributed by atoms with Crippen LogP contribution in [0.2, 0.25) is 0 Å². The van der Waals surface area contributed by atoms with Gasteiger partial charge in [0.2, 0.25) is 5.91 Å². The number of benzene rings is 1. The van der Waals surface area contributed by atoms with Crippen molar-refractivity contribution in [1.29, 1.82) is 0 Å². The number of carbonyl (C=O) groups excluding carboxylic acids is 2. The molecule has 5 heteroatoms. The monoisotopic (exact) mass is 260 g/mol. The molecule has 1 aromatic rings. The van der Waals surface area contributed by atoms with Crippen LogP contribution in [0.15, 0.2) is 24.3 Å². The standard InChI is InChI=1S/C14H16N2O3/c1-8-4-6-9(7-5-8)11-10-12(19-16(11)3)14(18)15(2)13(10)17/h4-7,10-12H,1-3H3/t10-,11-,12+/m0/s1. The zero-order chi connectivity index (χ0) is 13.7. The molecule has 2 fully saturated rings. The first-order valence-corrected chi connectivity index (χ1v) is 6.28. The van der Waals surface area contributed by atoms with E-state index in [1.807, 2.05) is 31.2 Å². The van der Waals surface area contributed by atoms with Gasteiger partial charge < -0.3 is 0 Å². The molecule has 0 aromatic heterocycles. The highest BCUT2D eigenvalue weighted by atomic mass is 16.7. The maximum absolute atomic E-state index is 12.2. The Balaban J connectivity index is 2.00. The summed E-state index contributed by atoms with van der Waals surface area (Å²) in [6, 6.07) is 7.77. The number of aryl methyl sites for hydroxylation is 1. The molecule has 1 aromatic carbocycles. The molecule has 0 N–H and O–H groups in total. The number of hydrogen-bond donors (Lipinski definition) is 0. The molecule has 0 bridgehead atoms. The van der Waals surface area contributed by atoms with Gasteiger partial charge in [-0.15, -0.1) is 0 Å². The van der Waals surface area contributed by atoms with Crippen molar-refractivity contribution in [2.24, 2.45) is 5.92 Å². The zero-order valence-electron chi connectivity index (χ0n) is 11.2. The second kappa shape index (κ2) is 4.15. The lowest BCUT2D eigenvalue weighted by molar-refractivity contribution is -0.168. The predicted molar refractivity (Wildman–Crippen MR) is 67.8 cm³/mol. The fraction of sp³-hybridized carbons (Fsp3) is 0.429. The molecule has 0 aliphatic carbocycles. The topological polar surface area (TPSA) is 49.9 Å². The number of imide groups is 1. The van der Waals surface area contributed by atoms with Crippen LogP contribution in [-0.4, -0.2) is 42.0 Å². The molecule has 0 saturated carbocycles. The first-order valence-electron chi connectivity index (χ1n) is 6.28. The Hall–Kier alpha value is -1.72. The second-order valence-electron chi connectivity index (χ2n) is 5.19. The molecular formula is C14H16N2O3. The summed E-state index contributed by atoms with van der Waals surface area (Å²) in [6.45, 7) is 2.01. The van der Waals surface area contributed by atoms with Crippen LogP contribution in [0, 0.1) is 12.8 Å². The lowest BCUT2D eigenvalue weighted by Gasteiger charge is -2.22. The lowest BCUT2D eigenvalue weighted by atomic mass is 9.90. The van der Waals surface area contributed by atoms with Crippen LogP contribution >= 0.6 is 0 Å². The van der Waals surface area contributed by atoms with E-state index in [4.69, 9.17) is 4.84 Å². The number of rotatable bonds is 1. The van der Waals surface area contributed by atoms with Gasteiger partial charge in [0.15, 0.2) is 6.10 Å². The third-order valence-corrected chi connectivity index (χ3v) is 3.95. The largest absolute Gasteiger partial charge is 0.284 e. The number of amides is 2. The Kier molecular flexibility index (Phi) is 2.69. The first-order chi connectivity index (χ1) is 9.00. The number of hydroxylamine groups is 2. The van der Waals surface area contributed by atoms with Crippen LogP contribution in [0.5, 0.6) is 0 Å². The Morgan fingerprint density at radius 3 is 2.32 bits per heavy atom. The molecule has 3 rings (SSSR count). The fourth-order valence-corrected chi connectivity index (χ4v) is 2.87. The minimum absolute atomic E-state index is 0.162. The molecular weight excluding hydrogens is 244 g/mol. The molecule has 2 heterocycles. The van der Waals surface area contributed by atoms with Crippen molar-refractivity contribution in [3.05, 3.63) is 35.4 Å². The van der Waals surface area contributed by atoms with E-state index in [-0.39, 0.29) is 17.9 Å². The molecule has 2 aliphatic rings. The van der Waals surface area contributed by atoms with Gasteiger partial charge in [-0.2, -0.15) is 5.06 Å². The summed E-state index contributed by atoms with van der Waals surface area (Å²) in [7, 11) is 3.28. The minimum atomic E-state index is -0.672. The second-order valence-corrected chi connectivity index (χ2v) is 5.19. The van der Waals surface area contributed by atoms with Crippen LogP contribution in [0.3, 0.4) is 0 Å². The van der Waals surface area contributed by atoms with E-state index in [0.29, 0.717) is 0 Å². The van der Waals surface area contributed by atoms with E-state index in [1.54, 1.807) is 12.1 Å². The highest BCUT2D eigenvalue weighted by molar-refractivity contribution is 6.07. The zero-order valence-corrected chi connectivity index (χ0v) is 11.2. The summed E-state index contributed by atoms with van der Waals surface area (Å²) < 4.78 is 0. The summed E-state index contributed by atoms with van der Waals surface area (Å²) >= 11 is 0. The van der Waals surface area contributed by atoms with Crippen LogP contribution in [0.1, 0.15) is 17.2 Å². The van der Waals surface area contributed by atoms with Crippen LogP contribution < -0.4 is 0 Å². The third-order valence-electron chi connectivity index (χ3n) is 3.95. The smallest absolute Gasteiger partial charge is 0.261 e. The van der Waals surface area contributed by atoms with Crippen molar-refractivity contribution in [2.45, 2.75) is 19.1 Å². The average molecular weight is 260 g/mol. The van der Waals surface area contributed by atoms with Crippen LogP contribution in [0.25, 0.3) is 0 Å². The maximum Gasteiger partial charge on any atom is 0.261 e. The van der Waals surface area contributed by atoms with Gasteiger partial charge in [0.05, 0.1) is 12.0 Å². The Labute approximate surface area is 111 Å². The molecule has 2 saturated heterocycles. The van der Waals surface area contributed by atoms with Crippen molar-refractivity contribution >= 4 is 11.8 Å². The number of carbonyl (C=O) groups is 2. The first kappa shape index (κ1) is 12.3. The number of fused-ring (bicyclic) bond motifs is 1. The number of likely N-dealkylation sites (tertiary alicyclic amines) is 1. The van der Waals surface area contributed by atoms with Crippen molar-refractivity contribution in [2.75, 3.05) is 14.1 Å². The molecule has 3 atom stereocenters. The molecule has 5 nitrogen and oxygen atoms in total. The van der Waals surface area contributed by atoms with E-state index < -0.39 is 12.0 Å². The maximum atomic E-state index is 12.2. The minimum Gasteiger partial charge on any atom is -0.284 e. The van der Waals surface area contributed by atoms with Crippen LogP contribution in [0.4, 0.5) is 0 Å². The van der Waals surface area contributed by atoms with Gasteiger partial charge in [-0.25, -0.2) is 0 Å². The fourth-order valence-electron chi connectivity index (χ4n) is 2.87. The quantitative estimate of drug-likeness (QED) is 0.704. The van der Waals surface area contributed by atoms with E-state index >= 15 is 0 Å². The molecule has 19 heavy (non-hydrogen) atoms. The van der Waals surface area contributed by atoms with Crippen LogP contribution in [-0.2, 0) is 14.4 Å². The SMILES string of the molecule is Cc1ccc([C@H]2[C@@H]3C(=O)N(C)C(=O)[C@@H]3ON2C)cc1. The molecule has 2 amide bonds.